The van der Waals surface area contributed by atoms with Crippen molar-refractivity contribution in [3.63, 3.8) is 0 Å². The van der Waals surface area contributed by atoms with Gasteiger partial charge in [-0.05, 0) is 30.6 Å². The number of rotatable bonds is 4. The van der Waals surface area contributed by atoms with Gasteiger partial charge in [0.1, 0.15) is 5.78 Å². The zero-order valence-corrected chi connectivity index (χ0v) is 8.07. The fourth-order valence-corrected chi connectivity index (χ4v) is 1.62. The standard InChI is InChI=1S/C11H14N2O/c14-11(5-10-7-13-8-10)4-9-2-1-3-12-6-9/h1-3,6,10,13H,4-5,7-8H2. The van der Waals surface area contributed by atoms with Crippen LogP contribution in [0.1, 0.15) is 12.0 Å². The maximum absolute atomic E-state index is 11.6. The summed E-state index contributed by atoms with van der Waals surface area (Å²) in [6, 6.07) is 3.82. The number of nitrogens with zero attached hydrogens (tertiary/aromatic N) is 1. The summed E-state index contributed by atoms with van der Waals surface area (Å²) in [4.78, 5) is 15.5. The van der Waals surface area contributed by atoms with Crippen molar-refractivity contribution in [2.24, 2.45) is 5.92 Å². The molecule has 0 spiro atoms. The largest absolute Gasteiger partial charge is 0.316 e. The second-order valence-corrected chi connectivity index (χ2v) is 3.81. The van der Waals surface area contributed by atoms with E-state index in [1.807, 2.05) is 12.1 Å². The van der Waals surface area contributed by atoms with E-state index in [0.717, 1.165) is 18.7 Å². The van der Waals surface area contributed by atoms with Crippen LogP contribution in [0.5, 0.6) is 0 Å². The minimum absolute atomic E-state index is 0.324. The van der Waals surface area contributed by atoms with E-state index in [1.54, 1.807) is 12.4 Å². The molecule has 1 aromatic heterocycles. The van der Waals surface area contributed by atoms with Crippen molar-refractivity contribution in [2.45, 2.75) is 12.8 Å². The highest BCUT2D eigenvalue weighted by Gasteiger charge is 2.19. The maximum Gasteiger partial charge on any atom is 0.137 e. The van der Waals surface area contributed by atoms with Gasteiger partial charge in [0.2, 0.25) is 0 Å². The number of pyridine rings is 1. The van der Waals surface area contributed by atoms with Gasteiger partial charge in [-0.3, -0.25) is 9.78 Å². The van der Waals surface area contributed by atoms with Crippen molar-refractivity contribution < 1.29 is 4.79 Å². The zero-order chi connectivity index (χ0) is 9.80. The van der Waals surface area contributed by atoms with Crippen molar-refractivity contribution in [2.75, 3.05) is 13.1 Å². The van der Waals surface area contributed by atoms with Gasteiger partial charge >= 0.3 is 0 Å². The molecule has 0 saturated carbocycles. The lowest BCUT2D eigenvalue weighted by Crippen LogP contribution is -2.43. The first-order chi connectivity index (χ1) is 6.84. The summed E-state index contributed by atoms with van der Waals surface area (Å²) in [6.45, 7) is 2.00. The van der Waals surface area contributed by atoms with Crippen LogP contribution in [-0.4, -0.2) is 23.9 Å². The number of ketones is 1. The van der Waals surface area contributed by atoms with E-state index in [9.17, 15) is 4.79 Å². The van der Waals surface area contributed by atoms with Gasteiger partial charge in [-0.25, -0.2) is 0 Å². The van der Waals surface area contributed by atoms with Crippen LogP contribution in [0.25, 0.3) is 0 Å². The average Bonchev–Trinajstić information content (AvgIpc) is 2.13. The predicted octanol–water partition coefficient (Wildman–Crippen LogP) is 0.803. The lowest BCUT2D eigenvalue weighted by Gasteiger charge is -2.26. The summed E-state index contributed by atoms with van der Waals surface area (Å²) < 4.78 is 0. The highest BCUT2D eigenvalue weighted by atomic mass is 16.1. The van der Waals surface area contributed by atoms with Crippen molar-refractivity contribution in [1.82, 2.24) is 10.3 Å². The summed E-state index contributed by atoms with van der Waals surface area (Å²) in [5, 5.41) is 3.17. The van der Waals surface area contributed by atoms with Gasteiger partial charge < -0.3 is 5.32 Å². The SMILES string of the molecule is O=C(Cc1cccnc1)CC1CNC1. The number of nitrogens with one attached hydrogen (secondary N) is 1. The van der Waals surface area contributed by atoms with Crippen LogP contribution in [0.3, 0.4) is 0 Å². The van der Waals surface area contributed by atoms with Gasteiger partial charge in [-0.2, -0.15) is 0 Å². The molecule has 0 unspecified atom stereocenters. The molecule has 0 aliphatic carbocycles. The lowest BCUT2D eigenvalue weighted by atomic mass is 9.94. The Hall–Kier alpha value is -1.22. The Balaban J connectivity index is 1.82. The Labute approximate surface area is 83.5 Å². The molecule has 3 nitrogen and oxygen atoms in total. The first-order valence-corrected chi connectivity index (χ1v) is 4.96. The van der Waals surface area contributed by atoms with Gasteiger partial charge in [0.25, 0.3) is 0 Å². The van der Waals surface area contributed by atoms with E-state index in [-0.39, 0.29) is 0 Å². The Morgan fingerprint density at radius 3 is 3.00 bits per heavy atom. The summed E-state index contributed by atoms with van der Waals surface area (Å²) in [5.74, 6) is 0.892. The average molecular weight is 190 g/mol. The first-order valence-electron chi connectivity index (χ1n) is 4.96. The molecule has 1 fully saturated rings. The zero-order valence-electron chi connectivity index (χ0n) is 8.07. The third kappa shape index (κ3) is 2.39. The smallest absolute Gasteiger partial charge is 0.137 e. The number of hydrogen-bond acceptors (Lipinski definition) is 3. The number of aromatic nitrogens is 1. The van der Waals surface area contributed by atoms with E-state index in [4.69, 9.17) is 0 Å². The summed E-state index contributed by atoms with van der Waals surface area (Å²) in [6.07, 6.45) is 4.73. The number of carbonyl (C=O) groups is 1. The van der Waals surface area contributed by atoms with Crippen LogP contribution in [0.4, 0.5) is 0 Å². The van der Waals surface area contributed by atoms with E-state index in [2.05, 4.69) is 10.3 Å². The third-order valence-electron chi connectivity index (χ3n) is 2.51. The maximum atomic E-state index is 11.6. The van der Waals surface area contributed by atoms with Crippen molar-refractivity contribution in [3.05, 3.63) is 30.1 Å². The van der Waals surface area contributed by atoms with Gasteiger partial charge in [0, 0.05) is 25.2 Å². The van der Waals surface area contributed by atoms with Crippen molar-refractivity contribution in [3.8, 4) is 0 Å². The molecule has 1 saturated heterocycles. The second kappa shape index (κ2) is 4.33. The van der Waals surface area contributed by atoms with Gasteiger partial charge in [-0.15, -0.1) is 0 Å². The Bertz CT molecular complexity index is 306. The van der Waals surface area contributed by atoms with Crippen LogP contribution in [-0.2, 0) is 11.2 Å². The molecule has 0 aromatic carbocycles. The number of carbonyl (C=O) groups excluding carboxylic acids is 1. The normalized spacial score (nSPS) is 16.3. The van der Waals surface area contributed by atoms with E-state index in [1.165, 1.54) is 0 Å². The molecule has 14 heavy (non-hydrogen) atoms. The summed E-state index contributed by atoms with van der Waals surface area (Å²) >= 11 is 0. The van der Waals surface area contributed by atoms with E-state index >= 15 is 0 Å². The quantitative estimate of drug-likeness (QED) is 0.763. The molecule has 0 atom stereocenters. The summed E-state index contributed by atoms with van der Waals surface area (Å²) in [7, 11) is 0. The molecular weight excluding hydrogens is 176 g/mol. The molecule has 2 heterocycles. The van der Waals surface area contributed by atoms with Crippen molar-refractivity contribution >= 4 is 5.78 Å². The number of hydrogen-bond donors (Lipinski definition) is 1. The first kappa shape index (κ1) is 9.34. The number of Topliss-reactive ketones (excluding diaryl/α,β-unsaturated/α-hetero) is 1. The van der Waals surface area contributed by atoms with Gasteiger partial charge in [-0.1, -0.05) is 6.07 Å². The molecular formula is C11H14N2O. The van der Waals surface area contributed by atoms with Crippen LogP contribution < -0.4 is 5.32 Å². The van der Waals surface area contributed by atoms with Gasteiger partial charge in [0.15, 0.2) is 0 Å². The molecule has 1 N–H and O–H groups in total. The molecule has 3 heteroatoms. The molecule has 74 valence electrons. The van der Waals surface area contributed by atoms with E-state index in [0.29, 0.717) is 24.5 Å². The molecule has 1 aliphatic heterocycles. The lowest BCUT2D eigenvalue weighted by molar-refractivity contribution is -0.119. The highest BCUT2D eigenvalue weighted by Crippen LogP contribution is 2.10. The van der Waals surface area contributed by atoms with Crippen molar-refractivity contribution in [1.29, 1.82) is 0 Å². The highest BCUT2D eigenvalue weighted by molar-refractivity contribution is 5.81. The monoisotopic (exact) mass is 190 g/mol. The van der Waals surface area contributed by atoms with Crippen LogP contribution in [0, 0.1) is 5.92 Å². The molecule has 1 aromatic rings. The molecule has 2 rings (SSSR count). The minimum Gasteiger partial charge on any atom is -0.316 e. The molecule has 1 aliphatic rings. The van der Waals surface area contributed by atoms with Crippen LogP contribution >= 0.6 is 0 Å². The molecule has 0 bridgehead atoms. The summed E-state index contributed by atoms with van der Waals surface area (Å²) in [5.41, 5.74) is 1.02. The molecule has 0 radical (unpaired) electrons. The van der Waals surface area contributed by atoms with Crippen LogP contribution in [0.2, 0.25) is 0 Å². The minimum atomic E-state index is 0.324. The fourth-order valence-electron chi connectivity index (χ4n) is 1.62. The Kier molecular flexibility index (Phi) is 2.89. The second-order valence-electron chi connectivity index (χ2n) is 3.81. The third-order valence-corrected chi connectivity index (χ3v) is 2.51. The fraction of sp³-hybridized carbons (Fsp3) is 0.455. The Morgan fingerprint density at radius 2 is 2.43 bits per heavy atom. The topological polar surface area (TPSA) is 42.0 Å². The predicted molar refractivity (Wildman–Crippen MR) is 53.9 cm³/mol. The van der Waals surface area contributed by atoms with Gasteiger partial charge in [0.05, 0.1) is 0 Å². The van der Waals surface area contributed by atoms with Crippen LogP contribution in [0.15, 0.2) is 24.5 Å². The Morgan fingerprint density at radius 1 is 1.57 bits per heavy atom. The van der Waals surface area contributed by atoms with E-state index < -0.39 is 0 Å². The molecule has 0 amide bonds.